The van der Waals surface area contributed by atoms with Crippen molar-refractivity contribution in [3.05, 3.63) is 216 Å². The minimum atomic E-state index is -3.92. The molecule has 4 aliphatic heterocycles. The highest BCUT2D eigenvalue weighted by Crippen LogP contribution is 2.59. The van der Waals surface area contributed by atoms with Gasteiger partial charge in [-0.25, -0.2) is 32.4 Å². The van der Waals surface area contributed by atoms with Crippen LogP contribution in [0.3, 0.4) is 0 Å². The van der Waals surface area contributed by atoms with Gasteiger partial charge in [-0.3, -0.25) is 29.0 Å². The molecule has 6 amide bonds. The number of fused-ring (bicyclic) bond motifs is 6. The van der Waals surface area contributed by atoms with E-state index in [0.717, 1.165) is 184 Å². The molecule has 4 atom stereocenters. The molecule has 0 radical (unpaired) electrons. The summed E-state index contributed by atoms with van der Waals surface area (Å²) in [5, 5.41) is 53.9. The molecule has 7 aliphatic rings. The van der Waals surface area contributed by atoms with Gasteiger partial charge in [0.05, 0.1) is 61.4 Å². The highest BCUT2D eigenvalue weighted by atomic mass is 32.2. The molecule has 4 heterocycles. The lowest BCUT2D eigenvalue weighted by Crippen LogP contribution is -2.65. The van der Waals surface area contributed by atoms with Gasteiger partial charge in [0.15, 0.2) is 24.4 Å². The number of urea groups is 1. The smallest absolute Gasteiger partial charge is 0.337 e. The highest BCUT2D eigenvalue weighted by molar-refractivity contribution is 7.89. The second kappa shape index (κ2) is 44.2. The van der Waals surface area contributed by atoms with Crippen LogP contribution in [0.5, 0.6) is 0 Å². The van der Waals surface area contributed by atoms with E-state index in [2.05, 4.69) is 64.3 Å². The van der Waals surface area contributed by atoms with E-state index >= 15 is 0 Å². The Morgan fingerprint density at radius 3 is 0.987 bits per heavy atom. The van der Waals surface area contributed by atoms with Crippen LogP contribution >= 0.6 is 0 Å². The standard InChI is InChI=1S/C31H41N3O5.C31H42N2O4.C30H38N2O5.C29H33NO5S/c1-8-32-29(38)34-25-20(4)22(21-14-12-18(2)13-15-21)23(26(27(35)36)39-30(5,6)7)19(3)24(25)33-28(37)31(34)16-10-9-11-17-31;1-8-18-33-26-21(4)23(22-14-12-19(2)13-15-22)24(27(28(34)35)37-30(5,6)7)20(3)25(26)32-29(36)31(33)16-10-9-11-17-31;1-17-11-13-21(14-12-17)22-19(3)25-24(18(2)23(22)26(27(34)35)37-29(5,6)7)31-28(36)30(32(25)20(4)33)15-9-8-10-16-30;1-17-12-14-20(15-13-17)23-18(2)24-22-11-9-8-10-21(22)16-30(7)36(33,34)27(24)19(3)25(23)26(28(31)32)35-29(4,5)6/h12-15,26H,8-11,16-17H2,1-7H3,(H,32,38)(H,33,37)(H,35,36);12-15,27H,8-11,16-18H2,1-7H3,(H,32,36)(H,34,35);11-14,26H,8-10,15-16H2,1-7H3,(H,31,36)(H,34,35);8-15,26H,16H2,1-7H3,(H,31,32)/t26-;27-;2*26-/m0000/s1. The Kier molecular flexibility index (Phi) is 33.8. The molecule has 8 N–H and O–H groups in total. The molecule has 16 rings (SSSR count). The van der Waals surface area contributed by atoms with Gasteiger partial charge in [-0.1, -0.05) is 208 Å². The number of carboxylic acid groups (broad SMARTS) is 4. The van der Waals surface area contributed by atoms with Crippen molar-refractivity contribution >= 4 is 97.7 Å². The summed E-state index contributed by atoms with van der Waals surface area (Å²) in [7, 11) is -2.36. The summed E-state index contributed by atoms with van der Waals surface area (Å²) in [6.45, 7) is 51.9. The minimum absolute atomic E-state index is 0.0355. The SMILES string of the molecule is CC(=O)N1c2c(C)c(-c3ccc(C)cc3)c([C@H](OC(C)(C)C)C(=O)O)c(C)c2NC(=O)C12CCCCC2.CCCN1c2c(C)c(-c3ccc(C)cc3)c([C@H](OC(C)(C)C)C(=O)O)c(C)c2NC(=O)C12CCCCC2.CCNC(=O)N1c2c(C)c(-c3ccc(C)cc3)c([C@H](OC(C)(C)C)C(=O)O)c(C)c2NC(=O)C12CCCCC2.Cc1ccc(-c2c(C)c3c(c(C)c2[C@H](OC(C)(C)C)C(=O)O)S(=O)(=O)N(C)Cc2ccccc2-3)cc1. The molecule has 27 nitrogen and oxygen atoms in total. The fourth-order valence-electron chi connectivity index (χ4n) is 23.4. The fourth-order valence-corrected chi connectivity index (χ4v) is 25.1. The first-order chi connectivity index (χ1) is 69.7. The maximum atomic E-state index is 13.9. The monoisotopic (exact) mass is 2060 g/mol. The van der Waals surface area contributed by atoms with Crippen molar-refractivity contribution in [1.82, 2.24) is 9.62 Å². The van der Waals surface area contributed by atoms with Gasteiger partial charge < -0.3 is 65.5 Å². The van der Waals surface area contributed by atoms with E-state index in [1.807, 2.05) is 236 Å². The topological polar surface area (TPSA) is 367 Å². The molecule has 3 spiro atoms. The zero-order valence-electron chi connectivity index (χ0n) is 92.4. The van der Waals surface area contributed by atoms with Crippen LogP contribution in [-0.4, -0.2) is 146 Å². The summed E-state index contributed by atoms with van der Waals surface area (Å²) in [6, 6.07) is 39.3. The summed E-state index contributed by atoms with van der Waals surface area (Å²) in [4.78, 5) is 125. The molecule has 28 heteroatoms. The molecule has 9 aromatic carbocycles. The van der Waals surface area contributed by atoms with Crippen LogP contribution < -0.4 is 36.0 Å². The quantitative estimate of drug-likeness (QED) is 0.0373. The number of carbonyl (C=O) groups is 9. The predicted octanol–water partition coefficient (Wildman–Crippen LogP) is 25.7. The molecule has 0 saturated heterocycles. The van der Waals surface area contributed by atoms with E-state index in [1.165, 1.54) is 11.2 Å². The first-order valence-corrected chi connectivity index (χ1v) is 53.9. The zero-order chi connectivity index (χ0) is 110. The summed E-state index contributed by atoms with van der Waals surface area (Å²) < 4.78 is 53.7. The lowest BCUT2D eigenvalue weighted by molar-refractivity contribution is -0.161. The molecular formula is C121H154N8O19S. The lowest BCUT2D eigenvalue weighted by atomic mass is 9.75. The van der Waals surface area contributed by atoms with Crippen molar-refractivity contribution in [3.63, 3.8) is 0 Å². The number of benzene rings is 9. The predicted molar refractivity (Wildman–Crippen MR) is 589 cm³/mol. The van der Waals surface area contributed by atoms with E-state index in [1.54, 1.807) is 44.5 Å². The van der Waals surface area contributed by atoms with Crippen LogP contribution in [0.2, 0.25) is 0 Å². The number of carbonyl (C=O) groups excluding carboxylic acids is 5. The number of amides is 6. The first kappa shape index (κ1) is 114. The number of nitrogens with one attached hydrogen (secondary N) is 4. The van der Waals surface area contributed by atoms with E-state index < -0.39 is 97.3 Å². The fraction of sp³-hybridized carbons (Fsp3) is 0.479. The Bertz CT molecular complexity index is 6800. The van der Waals surface area contributed by atoms with Gasteiger partial charge >= 0.3 is 29.9 Å². The van der Waals surface area contributed by atoms with Crippen molar-refractivity contribution in [1.29, 1.82) is 0 Å². The van der Waals surface area contributed by atoms with E-state index in [9.17, 15) is 72.0 Å². The van der Waals surface area contributed by atoms with Gasteiger partial charge in [-0.2, -0.15) is 4.31 Å². The molecule has 9 aromatic rings. The third-order valence-corrected chi connectivity index (χ3v) is 32.0. The number of carboxylic acids is 4. The van der Waals surface area contributed by atoms with Crippen LogP contribution in [0, 0.1) is 83.1 Å². The molecule has 0 unspecified atom stereocenters. The van der Waals surface area contributed by atoms with Crippen molar-refractivity contribution in [2.24, 2.45) is 0 Å². The lowest BCUT2D eigenvalue weighted by Gasteiger charge is -2.51. The second-order valence-electron chi connectivity index (χ2n) is 45.5. The van der Waals surface area contributed by atoms with Crippen LogP contribution in [0.4, 0.5) is 38.9 Å². The molecule has 798 valence electrons. The Morgan fingerprint density at radius 1 is 0.383 bits per heavy atom. The summed E-state index contributed by atoms with van der Waals surface area (Å²) in [6.07, 6.45) is 8.53. The number of rotatable bonds is 19. The molecule has 3 saturated carbocycles. The number of ether oxygens (including phenoxy) is 4. The number of aryl methyl sites for hydroxylation is 4. The van der Waals surface area contributed by atoms with Crippen molar-refractivity contribution in [3.8, 4) is 55.6 Å². The van der Waals surface area contributed by atoms with Gasteiger partial charge in [0.25, 0.3) is 11.8 Å². The number of hydrogen-bond donors (Lipinski definition) is 8. The number of aliphatic carboxylic acids is 4. The maximum Gasteiger partial charge on any atom is 0.337 e. The van der Waals surface area contributed by atoms with Crippen LogP contribution in [-0.2, 0) is 73.9 Å². The van der Waals surface area contributed by atoms with Crippen molar-refractivity contribution < 1.29 is 90.9 Å². The normalized spacial score (nSPS) is 17.3. The van der Waals surface area contributed by atoms with E-state index in [-0.39, 0.29) is 41.1 Å². The van der Waals surface area contributed by atoms with Crippen molar-refractivity contribution in [2.75, 3.05) is 50.8 Å². The summed E-state index contributed by atoms with van der Waals surface area (Å²) in [5.41, 5.74) is 19.2. The third-order valence-electron chi connectivity index (χ3n) is 30.0. The van der Waals surface area contributed by atoms with Crippen LogP contribution in [0.15, 0.2) is 126 Å². The Hall–Kier alpha value is -12.4. The summed E-state index contributed by atoms with van der Waals surface area (Å²) >= 11 is 0. The van der Waals surface area contributed by atoms with Gasteiger partial charge in [0, 0.05) is 61.4 Å². The zero-order valence-corrected chi connectivity index (χ0v) is 93.2. The average Bonchev–Trinajstić information content (AvgIpc) is 1.19. The van der Waals surface area contributed by atoms with Gasteiger partial charge in [0.1, 0.15) is 16.6 Å². The van der Waals surface area contributed by atoms with Gasteiger partial charge in [-0.15, -0.1) is 0 Å². The highest BCUT2D eigenvalue weighted by Gasteiger charge is 2.57. The molecule has 149 heavy (non-hydrogen) atoms. The Labute approximate surface area is 879 Å². The molecule has 3 fully saturated rings. The average molecular weight is 2060 g/mol. The third kappa shape index (κ3) is 22.7. The minimum Gasteiger partial charge on any atom is -0.479 e. The van der Waals surface area contributed by atoms with Gasteiger partial charge in [-0.05, 0) is 318 Å². The first-order valence-electron chi connectivity index (χ1n) is 52.5. The molecule has 3 aliphatic carbocycles. The van der Waals surface area contributed by atoms with E-state index in [4.69, 9.17) is 18.9 Å². The molecule has 0 bridgehead atoms. The van der Waals surface area contributed by atoms with Gasteiger partial charge in [0.2, 0.25) is 21.8 Å². The largest absolute Gasteiger partial charge is 0.479 e. The number of hydrogen-bond acceptors (Lipinski definition) is 16. The number of anilines is 6. The Morgan fingerprint density at radius 2 is 0.671 bits per heavy atom. The molecule has 0 aromatic heterocycles. The number of sulfonamides is 1. The Balaban J connectivity index is 0.000000166. The molecular weight excluding hydrogens is 1900 g/mol. The van der Waals surface area contributed by atoms with Crippen molar-refractivity contribution in [2.45, 2.75) is 365 Å². The van der Waals surface area contributed by atoms with E-state index in [0.29, 0.717) is 116 Å². The van der Waals surface area contributed by atoms with Crippen LogP contribution in [0.1, 0.15) is 326 Å². The second-order valence-corrected chi connectivity index (χ2v) is 47.5. The van der Waals surface area contributed by atoms with Crippen LogP contribution in [0.25, 0.3) is 55.6 Å². The summed E-state index contributed by atoms with van der Waals surface area (Å²) in [5.74, 6) is -5.01. The number of nitrogens with zero attached hydrogens (tertiary/aromatic N) is 4. The maximum absolute atomic E-state index is 13.9.